The molecule has 0 aliphatic rings. The first-order valence-electron chi connectivity index (χ1n) is 4.15. The van der Waals surface area contributed by atoms with Crippen molar-refractivity contribution < 1.29 is 17.9 Å². The minimum absolute atomic E-state index is 0.171. The number of carbonyl (C=O) groups is 1. The molecule has 0 saturated carbocycles. The molecule has 0 aliphatic heterocycles. The summed E-state index contributed by atoms with van der Waals surface area (Å²) in [5.74, 6) is -0.524. The Kier molecular flexibility index (Phi) is 3.43. The van der Waals surface area contributed by atoms with E-state index in [9.17, 15) is 13.2 Å². The van der Waals surface area contributed by atoms with E-state index in [0.717, 1.165) is 0 Å². The topological polar surface area (TPSA) is 115 Å². The average Bonchev–Trinajstić information content (AvgIpc) is 2.51. The lowest BCUT2D eigenvalue weighted by Gasteiger charge is -2.01. The summed E-state index contributed by atoms with van der Waals surface area (Å²) in [6, 6.07) is 0. The summed E-state index contributed by atoms with van der Waals surface area (Å²) in [4.78, 5) is 11.1. The molecule has 84 valence electrons. The van der Waals surface area contributed by atoms with Crippen LogP contribution in [0.4, 0.5) is 0 Å². The van der Waals surface area contributed by atoms with Gasteiger partial charge < -0.3 is 4.74 Å². The maximum atomic E-state index is 11.1. The molecule has 7 nitrogen and oxygen atoms in total. The minimum atomic E-state index is -3.88. The number of carbonyl (C=O) groups excluding carboxylic acids is 1. The first kappa shape index (κ1) is 11.7. The van der Waals surface area contributed by atoms with Crippen molar-refractivity contribution in [1.82, 2.24) is 10.2 Å². The zero-order valence-corrected chi connectivity index (χ0v) is 8.87. The van der Waals surface area contributed by atoms with Gasteiger partial charge in [0.15, 0.2) is 5.03 Å². The van der Waals surface area contributed by atoms with E-state index in [1.54, 1.807) is 6.92 Å². The van der Waals surface area contributed by atoms with Gasteiger partial charge in [0.05, 0.1) is 19.2 Å². The Labute approximate surface area is 86.7 Å². The fraction of sp³-hybridized carbons (Fsp3) is 0.429. The Balaban J connectivity index is 2.88. The molecule has 8 heteroatoms. The molecule has 0 saturated heterocycles. The number of aromatic nitrogens is 2. The maximum absolute atomic E-state index is 11.1. The molecule has 0 unspecified atom stereocenters. The summed E-state index contributed by atoms with van der Waals surface area (Å²) in [5, 5.41) is 10.4. The Morgan fingerprint density at radius 2 is 2.33 bits per heavy atom. The van der Waals surface area contributed by atoms with E-state index in [1.165, 1.54) is 6.20 Å². The van der Waals surface area contributed by atoms with Gasteiger partial charge in [-0.25, -0.2) is 13.6 Å². The number of hydrogen-bond acceptors (Lipinski definition) is 5. The van der Waals surface area contributed by atoms with Crippen molar-refractivity contribution in [2.75, 3.05) is 6.61 Å². The quantitative estimate of drug-likeness (QED) is 0.658. The first-order chi connectivity index (χ1) is 6.95. The van der Waals surface area contributed by atoms with E-state index in [4.69, 9.17) is 5.14 Å². The minimum Gasteiger partial charge on any atom is -0.466 e. The number of sulfonamides is 1. The van der Waals surface area contributed by atoms with Crippen molar-refractivity contribution in [2.24, 2.45) is 5.14 Å². The van der Waals surface area contributed by atoms with Crippen LogP contribution in [0.1, 0.15) is 12.5 Å². The lowest BCUT2D eigenvalue weighted by Crippen LogP contribution is -2.16. The van der Waals surface area contributed by atoms with Gasteiger partial charge in [0.2, 0.25) is 0 Å². The molecular weight excluding hydrogens is 222 g/mol. The standard InChI is InChI=1S/C7H11N3O4S/c1-2-14-6(11)3-5-4-9-10-7(5)15(8,12)13/h4H,2-3H2,1H3,(H,9,10)(H2,8,12,13). The summed E-state index contributed by atoms with van der Waals surface area (Å²) < 4.78 is 26.7. The van der Waals surface area contributed by atoms with Gasteiger partial charge in [0.1, 0.15) is 0 Å². The highest BCUT2D eigenvalue weighted by molar-refractivity contribution is 7.89. The monoisotopic (exact) mass is 233 g/mol. The number of rotatable bonds is 4. The highest BCUT2D eigenvalue weighted by atomic mass is 32.2. The molecule has 0 atom stereocenters. The van der Waals surface area contributed by atoms with Crippen LogP contribution in [0, 0.1) is 0 Å². The SMILES string of the molecule is CCOC(=O)Cc1cn[nH]c1S(N)(=O)=O. The number of ether oxygens (including phenoxy) is 1. The van der Waals surface area contributed by atoms with Gasteiger partial charge in [-0.1, -0.05) is 0 Å². The lowest BCUT2D eigenvalue weighted by molar-refractivity contribution is -0.142. The van der Waals surface area contributed by atoms with Crippen LogP contribution in [0.25, 0.3) is 0 Å². The van der Waals surface area contributed by atoms with Crippen LogP contribution in [0.15, 0.2) is 11.2 Å². The van der Waals surface area contributed by atoms with Crippen molar-refractivity contribution in [3.05, 3.63) is 11.8 Å². The molecule has 0 fully saturated rings. The summed E-state index contributed by atoms with van der Waals surface area (Å²) in [5.41, 5.74) is 0.205. The predicted octanol–water partition coefficient (Wildman–Crippen LogP) is -0.837. The second kappa shape index (κ2) is 4.41. The zero-order chi connectivity index (χ0) is 11.5. The van der Waals surface area contributed by atoms with Crippen LogP contribution in [-0.2, 0) is 26.0 Å². The number of primary sulfonamides is 1. The normalized spacial score (nSPS) is 11.3. The van der Waals surface area contributed by atoms with Gasteiger partial charge in [-0.05, 0) is 6.92 Å². The molecule has 1 rings (SSSR count). The number of aromatic amines is 1. The Morgan fingerprint density at radius 3 is 2.87 bits per heavy atom. The van der Waals surface area contributed by atoms with E-state index in [0.29, 0.717) is 0 Å². The molecule has 1 aromatic rings. The molecule has 0 aromatic carbocycles. The number of esters is 1. The van der Waals surface area contributed by atoms with Gasteiger partial charge in [-0.15, -0.1) is 0 Å². The first-order valence-corrected chi connectivity index (χ1v) is 5.70. The van der Waals surface area contributed by atoms with Gasteiger partial charge in [0, 0.05) is 5.56 Å². The fourth-order valence-electron chi connectivity index (χ4n) is 1.04. The highest BCUT2D eigenvalue weighted by Crippen LogP contribution is 2.10. The summed E-state index contributed by atoms with van der Waals surface area (Å²) in [7, 11) is -3.88. The molecule has 0 aliphatic carbocycles. The Bertz CT molecular complexity index is 451. The van der Waals surface area contributed by atoms with Crippen molar-refractivity contribution in [2.45, 2.75) is 18.4 Å². The fourth-order valence-corrected chi connectivity index (χ4v) is 1.71. The number of hydrogen-bond donors (Lipinski definition) is 2. The summed E-state index contributed by atoms with van der Waals surface area (Å²) in [6.07, 6.45) is 1.06. The highest BCUT2D eigenvalue weighted by Gasteiger charge is 2.18. The van der Waals surface area contributed by atoms with Crippen molar-refractivity contribution in [3.63, 3.8) is 0 Å². The molecule has 15 heavy (non-hydrogen) atoms. The van der Waals surface area contributed by atoms with Gasteiger partial charge >= 0.3 is 5.97 Å². The van der Waals surface area contributed by atoms with Crippen LogP contribution in [0.5, 0.6) is 0 Å². The molecule has 0 bridgehead atoms. The Hall–Kier alpha value is -1.41. The lowest BCUT2D eigenvalue weighted by atomic mass is 10.3. The van der Waals surface area contributed by atoms with Crippen molar-refractivity contribution in [1.29, 1.82) is 0 Å². The Morgan fingerprint density at radius 1 is 1.67 bits per heavy atom. The van der Waals surface area contributed by atoms with Crippen LogP contribution in [-0.4, -0.2) is 31.2 Å². The molecule has 0 spiro atoms. The third kappa shape index (κ3) is 3.03. The van der Waals surface area contributed by atoms with Crippen molar-refractivity contribution in [3.8, 4) is 0 Å². The van der Waals surface area contributed by atoms with Gasteiger partial charge in [-0.3, -0.25) is 9.89 Å². The average molecular weight is 233 g/mol. The smallest absolute Gasteiger partial charge is 0.310 e. The van der Waals surface area contributed by atoms with Gasteiger partial charge in [-0.2, -0.15) is 5.10 Å². The molecule has 3 N–H and O–H groups in total. The maximum Gasteiger partial charge on any atom is 0.310 e. The summed E-state index contributed by atoms with van der Waals surface area (Å²) in [6.45, 7) is 1.90. The van der Waals surface area contributed by atoms with Crippen LogP contribution in [0.2, 0.25) is 0 Å². The predicted molar refractivity (Wildman–Crippen MR) is 50.3 cm³/mol. The van der Waals surface area contributed by atoms with Crippen LogP contribution < -0.4 is 5.14 Å². The molecule has 1 aromatic heterocycles. The number of nitrogens with one attached hydrogen (secondary N) is 1. The molecule has 1 heterocycles. The summed E-state index contributed by atoms with van der Waals surface area (Å²) >= 11 is 0. The third-order valence-electron chi connectivity index (χ3n) is 1.60. The third-order valence-corrected chi connectivity index (χ3v) is 2.53. The van der Waals surface area contributed by atoms with E-state index in [1.807, 2.05) is 0 Å². The zero-order valence-electron chi connectivity index (χ0n) is 8.06. The van der Waals surface area contributed by atoms with Crippen LogP contribution >= 0.6 is 0 Å². The molecule has 0 radical (unpaired) electrons. The largest absolute Gasteiger partial charge is 0.466 e. The van der Waals surface area contributed by atoms with E-state index in [2.05, 4.69) is 14.9 Å². The number of H-pyrrole nitrogens is 1. The number of nitrogens with zero attached hydrogens (tertiary/aromatic N) is 1. The number of nitrogens with two attached hydrogens (primary N) is 1. The van der Waals surface area contributed by atoms with Crippen LogP contribution in [0.3, 0.4) is 0 Å². The van der Waals surface area contributed by atoms with Crippen molar-refractivity contribution >= 4 is 16.0 Å². The molecular formula is C7H11N3O4S. The van der Waals surface area contributed by atoms with E-state index >= 15 is 0 Å². The van der Waals surface area contributed by atoms with E-state index < -0.39 is 16.0 Å². The van der Waals surface area contributed by atoms with E-state index in [-0.39, 0.29) is 23.6 Å². The second-order valence-corrected chi connectivity index (χ2v) is 4.25. The molecule has 0 amide bonds. The van der Waals surface area contributed by atoms with Gasteiger partial charge in [0.25, 0.3) is 10.0 Å². The second-order valence-electron chi connectivity index (χ2n) is 2.75.